The molecular formula is C14H17N3O4. The summed E-state index contributed by atoms with van der Waals surface area (Å²) in [6.07, 6.45) is 2.92. The Labute approximate surface area is 122 Å². The van der Waals surface area contributed by atoms with Crippen LogP contribution in [0, 0.1) is 10.1 Å². The molecule has 1 aliphatic heterocycles. The first-order chi connectivity index (χ1) is 10.1. The van der Waals surface area contributed by atoms with Crippen molar-refractivity contribution in [2.24, 2.45) is 0 Å². The molecular weight excluding hydrogens is 274 g/mol. The van der Waals surface area contributed by atoms with E-state index < -0.39 is 4.92 Å². The van der Waals surface area contributed by atoms with Gasteiger partial charge in [0.15, 0.2) is 0 Å². The van der Waals surface area contributed by atoms with E-state index >= 15 is 0 Å². The van der Waals surface area contributed by atoms with Gasteiger partial charge in [0.05, 0.1) is 17.6 Å². The number of carbonyl (C=O) groups excluding carboxylic acids is 1. The summed E-state index contributed by atoms with van der Waals surface area (Å²) in [4.78, 5) is 22.4. The number of nitrogens with zero attached hydrogens (tertiary/aromatic N) is 1. The maximum absolute atomic E-state index is 12.2. The molecule has 0 saturated carbocycles. The molecule has 0 saturated heterocycles. The molecule has 0 aromatic heterocycles. The molecule has 7 nitrogen and oxygen atoms in total. The molecule has 1 aliphatic rings. The van der Waals surface area contributed by atoms with Crippen LogP contribution in [0.4, 0.5) is 5.69 Å². The average molecular weight is 291 g/mol. The van der Waals surface area contributed by atoms with E-state index in [2.05, 4.69) is 10.6 Å². The topological polar surface area (TPSA) is 93.5 Å². The summed E-state index contributed by atoms with van der Waals surface area (Å²) in [5.41, 5.74) is 1.18. The van der Waals surface area contributed by atoms with Gasteiger partial charge in [-0.25, -0.2) is 0 Å². The van der Waals surface area contributed by atoms with Gasteiger partial charge < -0.3 is 15.4 Å². The quantitative estimate of drug-likeness (QED) is 0.484. The van der Waals surface area contributed by atoms with E-state index in [0.29, 0.717) is 12.3 Å². The van der Waals surface area contributed by atoms with E-state index in [-0.39, 0.29) is 17.2 Å². The lowest BCUT2D eigenvalue weighted by molar-refractivity contribution is -0.384. The van der Waals surface area contributed by atoms with Crippen LogP contribution in [0.15, 0.2) is 29.8 Å². The van der Waals surface area contributed by atoms with Crippen molar-refractivity contribution in [2.75, 3.05) is 26.7 Å². The third kappa shape index (κ3) is 3.79. The van der Waals surface area contributed by atoms with Crippen LogP contribution in [0.2, 0.25) is 0 Å². The number of ether oxygens (including phenoxy) is 1. The number of carbonyl (C=O) groups is 1. The highest BCUT2D eigenvalue weighted by Gasteiger charge is 2.17. The Morgan fingerprint density at radius 3 is 2.95 bits per heavy atom. The molecule has 1 heterocycles. The lowest BCUT2D eigenvalue weighted by Crippen LogP contribution is -2.29. The summed E-state index contributed by atoms with van der Waals surface area (Å²) in [6.45, 7) is 2.12. The van der Waals surface area contributed by atoms with Crippen molar-refractivity contribution in [2.45, 2.75) is 6.42 Å². The minimum Gasteiger partial charge on any atom is -0.496 e. The monoisotopic (exact) mass is 291 g/mol. The van der Waals surface area contributed by atoms with Gasteiger partial charge in [-0.15, -0.1) is 0 Å². The van der Waals surface area contributed by atoms with Crippen LogP contribution in [0.5, 0.6) is 5.75 Å². The van der Waals surface area contributed by atoms with E-state index in [1.54, 1.807) is 0 Å². The molecule has 7 heteroatoms. The number of hydrogen-bond donors (Lipinski definition) is 2. The predicted octanol–water partition coefficient (Wildman–Crippen LogP) is 1.25. The van der Waals surface area contributed by atoms with E-state index in [1.807, 2.05) is 6.08 Å². The van der Waals surface area contributed by atoms with E-state index in [1.165, 1.54) is 25.3 Å². The normalized spacial score (nSPS) is 14.2. The molecule has 21 heavy (non-hydrogen) atoms. The van der Waals surface area contributed by atoms with Gasteiger partial charge in [0.2, 0.25) is 0 Å². The summed E-state index contributed by atoms with van der Waals surface area (Å²) >= 11 is 0. The highest BCUT2D eigenvalue weighted by Crippen LogP contribution is 2.23. The second-order valence-corrected chi connectivity index (χ2v) is 4.64. The Bertz CT molecular complexity index is 584. The first-order valence-corrected chi connectivity index (χ1v) is 6.61. The average Bonchev–Trinajstić information content (AvgIpc) is 2.52. The lowest BCUT2D eigenvalue weighted by atomic mass is 10.1. The molecule has 0 bridgehead atoms. The minimum atomic E-state index is -0.536. The first kappa shape index (κ1) is 15.0. The van der Waals surface area contributed by atoms with Gasteiger partial charge in [-0.3, -0.25) is 14.9 Å². The first-order valence-electron chi connectivity index (χ1n) is 6.61. The summed E-state index contributed by atoms with van der Waals surface area (Å²) in [5.74, 6) is -0.0626. The van der Waals surface area contributed by atoms with Gasteiger partial charge in [-0.1, -0.05) is 11.6 Å². The molecule has 2 rings (SSSR count). The fourth-order valence-corrected chi connectivity index (χ4v) is 2.11. The second-order valence-electron chi connectivity index (χ2n) is 4.64. The summed E-state index contributed by atoms with van der Waals surface area (Å²) in [5, 5.41) is 16.8. The van der Waals surface area contributed by atoms with Gasteiger partial charge in [0, 0.05) is 25.2 Å². The molecule has 0 aliphatic carbocycles. The fraction of sp³-hybridized carbons (Fsp3) is 0.357. The molecule has 0 radical (unpaired) electrons. The third-order valence-corrected chi connectivity index (χ3v) is 3.27. The fourth-order valence-electron chi connectivity index (χ4n) is 2.11. The molecule has 0 spiro atoms. The zero-order valence-corrected chi connectivity index (χ0v) is 11.7. The Hall–Kier alpha value is -2.41. The standard InChI is InChI=1S/C14H17N3O4/c1-21-13-3-2-11(17(19)20)8-12(13)14(18)16-9-10-4-6-15-7-5-10/h2-4,8,15H,5-7,9H2,1H3,(H,16,18). The van der Waals surface area contributed by atoms with Crippen molar-refractivity contribution in [3.8, 4) is 5.75 Å². The Balaban J connectivity index is 2.11. The molecule has 1 aromatic rings. The smallest absolute Gasteiger partial charge is 0.270 e. The highest BCUT2D eigenvalue weighted by molar-refractivity contribution is 5.97. The summed E-state index contributed by atoms with van der Waals surface area (Å²) in [6, 6.07) is 3.97. The van der Waals surface area contributed by atoms with Crippen LogP contribution in [0.3, 0.4) is 0 Å². The molecule has 0 atom stereocenters. The van der Waals surface area contributed by atoms with E-state index in [4.69, 9.17) is 4.74 Å². The highest BCUT2D eigenvalue weighted by atomic mass is 16.6. The predicted molar refractivity (Wildman–Crippen MR) is 77.6 cm³/mol. The summed E-state index contributed by atoms with van der Waals surface area (Å²) < 4.78 is 5.08. The lowest BCUT2D eigenvalue weighted by Gasteiger charge is -2.15. The van der Waals surface area contributed by atoms with Crippen molar-refractivity contribution in [3.63, 3.8) is 0 Å². The number of benzene rings is 1. The number of methoxy groups -OCH3 is 1. The Kier molecular flexibility index (Phi) is 4.89. The molecule has 112 valence electrons. The van der Waals surface area contributed by atoms with Crippen molar-refractivity contribution in [1.82, 2.24) is 10.6 Å². The van der Waals surface area contributed by atoms with Gasteiger partial charge in [0.1, 0.15) is 5.75 Å². The van der Waals surface area contributed by atoms with Crippen LogP contribution in [-0.4, -0.2) is 37.6 Å². The van der Waals surface area contributed by atoms with Gasteiger partial charge in [0.25, 0.3) is 11.6 Å². The van der Waals surface area contributed by atoms with Crippen molar-refractivity contribution >= 4 is 11.6 Å². The Morgan fingerprint density at radius 1 is 1.52 bits per heavy atom. The maximum atomic E-state index is 12.2. The molecule has 1 aromatic carbocycles. The number of hydrogen-bond acceptors (Lipinski definition) is 5. The zero-order chi connectivity index (χ0) is 15.2. The van der Waals surface area contributed by atoms with Crippen LogP contribution in [0.1, 0.15) is 16.8 Å². The van der Waals surface area contributed by atoms with Crippen molar-refractivity contribution in [1.29, 1.82) is 0 Å². The zero-order valence-electron chi connectivity index (χ0n) is 11.7. The van der Waals surface area contributed by atoms with Crippen LogP contribution in [-0.2, 0) is 0 Å². The molecule has 1 amide bonds. The van der Waals surface area contributed by atoms with Crippen molar-refractivity contribution in [3.05, 3.63) is 45.5 Å². The van der Waals surface area contributed by atoms with E-state index in [9.17, 15) is 14.9 Å². The number of nitro groups is 1. The van der Waals surface area contributed by atoms with E-state index in [0.717, 1.165) is 25.1 Å². The van der Waals surface area contributed by atoms with Crippen LogP contribution >= 0.6 is 0 Å². The van der Waals surface area contributed by atoms with Gasteiger partial charge in [-0.05, 0) is 19.0 Å². The largest absolute Gasteiger partial charge is 0.496 e. The number of non-ortho nitro benzene ring substituents is 1. The second kappa shape index (κ2) is 6.85. The van der Waals surface area contributed by atoms with Gasteiger partial charge in [-0.2, -0.15) is 0 Å². The van der Waals surface area contributed by atoms with Crippen molar-refractivity contribution < 1.29 is 14.5 Å². The third-order valence-electron chi connectivity index (χ3n) is 3.27. The number of nitrogens with one attached hydrogen (secondary N) is 2. The molecule has 0 fully saturated rings. The SMILES string of the molecule is COc1ccc([N+](=O)[O-])cc1C(=O)NCC1=CCNCC1. The number of nitro benzene ring substituents is 1. The molecule has 2 N–H and O–H groups in total. The summed E-state index contributed by atoms with van der Waals surface area (Å²) in [7, 11) is 1.42. The van der Waals surface area contributed by atoms with Gasteiger partial charge >= 0.3 is 0 Å². The van der Waals surface area contributed by atoms with Crippen LogP contribution in [0.25, 0.3) is 0 Å². The maximum Gasteiger partial charge on any atom is 0.270 e. The number of rotatable bonds is 5. The minimum absolute atomic E-state index is 0.137. The Morgan fingerprint density at radius 2 is 2.33 bits per heavy atom. The number of amides is 1. The molecule has 0 unspecified atom stereocenters. The van der Waals surface area contributed by atoms with Crippen LogP contribution < -0.4 is 15.4 Å².